The first-order valence-electron chi connectivity index (χ1n) is 4.16. The van der Waals surface area contributed by atoms with Crippen LogP contribution in [0.15, 0.2) is 0 Å². The Morgan fingerprint density at radius 3 is 1.50 bits per heavy atom. The van der Waals surface area contributed by atoms with E-state index in [9.17, 15) is 9.59 Å². The summed E-state index contributed by atoms with van der Waals surface area (Å²) in [4.78, 5) is 22.1. The molecule has 4 nitrogen and oxygen atoms in total. The highest BCUT2D eigenvalue weighted by atomic mass is 35.5. The van der Waals surface area contributed by atoms with Crippen molar-refractivity contribution in [2.75, 3.05) is 13.2 Å². The molecule has 82 valence electrons. The van der Waals surface area contributed by atoms with Crippen LogP contribution < -0.4 is 0 Å². The highest BCUT2D eigenvalue weighted by Gasteiger charge is 2.32. The second-order valence-corrected chi connectivity index (χ2v) is 3.25. The second kappa shape index (κ2) is 6.90. The maximum Gasteiger partial charge on any atom is 0.326 e. The standard InChI is InChI=1S/C8H12Cl2O4/c1-3-13-7(11)5(9)6(10)8(12)14-4-2/h5-6H,3-4H2,1-2H3/t5-,6+. The fourth-order valence-corrected chi connectivity index (χ4v) is 1.01. The lowest BCUT2D eigenvalue weighted by atomic mass is 10.3. The van der Waals surface area contributed by atoms with E-state index in [1.807, 2.05) is 0 Å². The van der Waals surface area contributed by atoms with Gasteiger partial charge in [-0.3, -0.25) is 9.59 Å². The molecule has 0 rings (SSSR count). The van der Waals surface area contributed by atoms with Crippen LogP contribution in [0.1, 0.15) is 13.8 Å². The van der Waals surface area contributed by atoms with Gasteiger partial charge in [0, 0.05) is 0 Å². The van der Waals surface area contributed by atoms with Gasteiger partial charge in [-0.25, -0.2) is 0 Å². The maximum absolute atomic E-state index is 11.0. The number of carbonyl (C=O) groups excluding carboxylic acids is 2. The molecule has 0 fully saturated rings. The zero-order valence-corrected chi connectivity index (χ0v) is 9.47. The lowest BCUT2D eigenvalue weighted by molar-refractivity contribution is -0.149. The Kier molecular flexibility index (Phi) is 6.66. The van der Waals surface area contributed by atoms with Crippen LogP contribution in [0.4, 0.5) is 0 Å². The van der Waals surface area contributed by atoms with Crippen molar-refractivity contribution in [3.63, 3.8) is 0 Å². The molecule has 6 heteroatoms. The van der Waals surface area contributed by atoms with E-state index in [1.54, 1.807) is 13.8 Å². The van der Waals surface area contributed by atoms with Gasteiger partial charge in [0.15, 0.2) is 10.8 Å². The molecule has 0 radical (unpaired) electrons. The molecule has 0 aromatic rings. The van der Waals surface area contributed by atoms with Crippen molar-refractivity contribution < 1.29 is 19.1 Å². The van der Waals surface area contributed by atoms with Gasteiger partial charge in [-0.05, 0) is 13.8 Å². The molecule has 0 saturated heterocycles. The number of esters is 2. The first kappa shape index (κ1) is 13.5. The quantitative estimate of drug-likeness (QED) is 0.540. The molecule has 0 aromatic heterocycles. The molecule has 0 unspecified atom stereocenters. The number of carbonyl (C=O) groups is 2. The summed E-state index contributed by atoms with van der Waals surface area (Å²) in [6.07, 6.45) is 0. The highest BCUT2D eigenvalue weighted by molar-refractivity contribution is 6.41. The summed E-state index contributed by atoms with van der Waals surface area (Å²) >= 11 is 11.2. The van der Waals surface area contributed by atoms with Gasteiger partial charge in [0.25, 0.3) is 0 Å². The number of hydrogen-bond acceptors (Lipinski definition) is 4. The highest BCUT2D eigenvalue weighted by Crippen LogP contribution is 2.13. The van der Waals surface area contributed by atoms with Crippen molar-refractivity contribution in [2.24, 2.45) is 0 Å². The Balaban J connectivity index is 4.16. The molecular formula is C8H12Cl2O4. The minimum Gasteiger partial charge on any atom is -0.465 e. The molecule has 0 amide bonds. The van der Waals surface area contributed by atoms with Gasteiger partial charge in [-0.1, -0.05) is 0 Å². The predicted octanol–water partition coefficient (Wildman–Crippen LogP) is 1.33. The van der Waals surface area contributed by atoms with E-state index in [1.165, 1.54) is 0 Å². The van der Waals surface area contributed by atoms with Crippen LogP contribution in [0.2, 0.25) is 0 Å². The molecule has 0 saturated carbocycles. The third-order valence-corrected chi connectivity index (χ3v) is 2.27. The lowest BCUT2D eigenvalue weighted by Crippen LogP contribution is -2.34. The molecule has 0 aliphatic heterocycles. The third kappa shape index (κ3) is 4.15. The van der Waals surface area contributed by atoms with Gasteiger partial charge in [0.05, 0.1) is 13.2 Å². The number of rotatable bonds is 5. The summed E-state index contributed by atoms with van der Waals surface area (Å²) in [5.41, 5.74) is 0. The van der Waals surface area contributed by atoms with E-state index in [4.69, 9.17) is 23.2 Å². The van der Waals surface area contributed by atoms with Gasteiger partial charge < -0.3 is 9.47 Å². The normalized spacial score (nSPS) is 14.3. The largest absolute Gasteiger partial charge is 0.465 e. The fraction of sp³-hybridized carbons (Fsp3) is 0.750. The number of halogens is 2. The Bertz CT molecular complexity index is 186. The molecule has 0 N–H and O–H groups in total. The zero-order chi connectivity index (χ0) is 11.1. The van der Waals surface area contributed by atoms with Gasteiger partial charge in [0.2, 0.25) is 0 Å². The fourth-order valence-electron chi connectivity index (χ4n) is 0.683. The zero-order valence-electron chi connectivity index (χ0n) is 7.96. The molecule has 0 aliphatic rings. The number of hydrogen-bond donors (Lipinski definition) is 0. The van der Waals surface area contributed by atoms with E-state index < -0.39 is 22.7 Å². The van der Waals surface area contributed by atoms with Crippen LogP contribution in [0.5, 0.6) is 0 Å². The SMILES string of the molecule is CCOC(=O)[C@@H](Cl)[C@@H](Cl)C(=O)OCC. The monoisotopic (exact) mass is 242 g/mol. The third-order valence-electron chi connectivity index (χ3n) is 1.28. The van der Waals surface area contributed by atoms with Gasteiger partial charge in [-0.2, -0.15) is 0 Å². The summed E-state index contributed by atoms with van der Waals surface area (Å²) in [7, 11) is 0. The van der Waals surface area contributed by atoms with E-state index in [0.717, 1.165) is 0 Å². The average Bonchev–Trinajstić information content (AvgIpc) is 2.16. The van der Waals surface area contributed by atoms with Crippen LogP contribution in [-0.2, 0) is 19.1 Å². The molecule has 0 aliphatic carbocycles. The molecule has 0 spiro atoms. The maximum atomic E-state index is 11.0. The van der Waals surface area contributed by atoms with Crippen molar-refractivity contribution in [1.29, 1.82) is 0 Å². The summed E-state index contributed by atoms with van der Waals surface area (Å²) in [6.45, 7) is 3.65. The average molecular weight is 243 g/mol. The first-order valence-corrected chi connectivity index (χ1v) is 5.03. The Labute approximate surface area is 92.5 Å². The van der Waals surface area contributed by atoms with E-state index >= 15 is 0 Å². The minimum absolute atomic E-state index is 0.189. The van der Waals surface area contributed by atoms with Crippen LogP contribution in [-0.4, -0.2) is 35.9 Å². The van der Waals surface area contributed by atoms with Crippen molar-refractivity contribution in [3.8, 4) is 0 Å². The summed E-state index contributed by atoms with van der Waals surface area (Å²) in [5, 5.41) is -2.42. The van der Waals surface area contributed by atoms with Gasteiger partial charge in [0.1, 0.15) is 0 Å². The summed E-state index contributed by atoms with van der Waals surface area (Å²) < 4.78 is 9.18. The van der Waals surface area contributed by atoms with E-state index in [2.05, 4.69) is 9.47 Å². The van der Waals surface area contributed by atoms with Crippen LogP contribution in [0.25, 0.3) is 0 Å². The van der Waals surface area contributed by atoms with Crippen LogP contribution in [0, 0.1) is 0 Å². The molecule has 0 aromatic carbocycles. The molecule has 0 heterocycles. The number of alkyl halides is 2. The van der Waals surface area contributed by atoms with Gasteiger partial charge in [-0.15, -0.1) is 23.2 Å². The summed E-state index contributed by atoms with van der Waals surface area (Å²) in [5.74, 6) is -1.44. The van der Waals surface area contributed by atoms with E-state index in [0.29, 0.717) is 0 Å². The Hall–Kier alpha value is -0.480. The molecule has 0 bridgehead atoms. The molecule has 2 atom stereocenters. The Morgan fingerprint density at radius 2 is 1.29 bits per heavy atom. The number of ether oxygens (including phenoxy) is 2. The van der Waals surface area contributed by atoms with Crippen molar-refractivity contribution in [1.82, 2.24) is 0 Å². The second-order valence-electron chi connectivity index (χ2n) is 2.31. The van der Waals surface area contributed by atoms with Crippen molar-refractivity contribution >= 4 is 35.1 Å². The van der Waals surface area contributed by atoms with E-state index in [-0.39, 0.29) is 13.2 Å². The minimum atomic E-state index is -1.21. The van der Waals surface area contributed by atoms with Crippen LogP contribution in [0.3, 0.4) is 0 Å². The lowest BCUT2D eigenvalue weighted by Gasteiger charge is -2.13. The van der Waals surface area contributed by atoms with Crippen molar-refractivity contribution in [2.45, 2.75) is 24.6 Å². The molecular weight excluding hydrogens is 231 g/mol. The smallest absolute Gasteiger partial charge is 0.326 e. The van der Waals surface area contributed by atoms with Gasteiger partial charge >= 0.3 is 11.9 Å². The Morgan fingerprint density at radius 1 is 1.00 bits per heavy atom. The topological polar surface area (TPSA) is 52.6 Å². The predicted molar refractivity (Wildman–Crippen MR) is 52.5 cm³/mol. The summed E-state index contributed by atoms with van der Waals surface area (Å²) in [6, 6.07) is 0. The molecule has 14 heavy (non-hydrogen) atoms. The van der Waals surface area contributed by atoms with Crippen molar-refractivity contribution in [3.05, 3.63) is 0 Å². The van der Waals surface area contributed by atoms with Crippen LogP contribution >= 0.6 is 23.2 Å². The first-order chi connectivity index (χ1) is 6.54.